The van der Waals surface area contributed by atoms with Crippen molar-refractivity contribution in [2.24, 2.45) is 38.9 Å². The van der Waals surface area contributed by atoms with Gasteiger partial charge in [0, 0.05) is 0 Å². The minimum absolute atomic E-state index is 0.0582. The molecule has 9 fully saturated rings. The second-order valence-corrected chi connectivity index (χ2v) is 23.0. The van der Waals surface area contributed by atoms with Crippen LogP contribution in [0.5, 0.6) is 0 Å². The van der Waals surface area contributed by atoms with E-state index < -0.39 is 132 Å². The summed E-state index contributed by atoms with van der Waals surface area (Å²) in [5.41, 5.74) is -3.57. The first-order valence-corrected chi connectivity index (χ1v) is 23.9. The van der Waals surface area contributed by atoms with E-state index in [1.807, 2.05) is 6.92 Å². The smallest absolute Gasteiger partial charge is 0.317 e. The van der Waals surface area contributed by atoms with Crippen molar-refractivity contribution in [3.8, 4) is 0 Å². The molecule has 0 aromatic carbocycles. The fourth-order valence-corrected chi connectivity index (χ4v) is 15.3. The second-order valence-electron chi connectivity index (χ2n) is 23.0. The highest BCUT2D eigenvalue weighted by Crippen LogP contribution is 2.77. The summed E-state index contributed by atoms with van der Waals surface area (Å²) >= 11 is 0. The molecule has 5 aliphatic carbocycles. The largest absolute Gasteiger partial charge is 0.455 e. The number of rotatable bonds is 7. The summed E-state index contributed by atoms with van der Waals surface area (Å²) in [6.07, 6.45) is -17.0. The fraction of sp³-hybridized carbons (Fsp3) is 0.936. The van der Waals surface area contributed by atoms with Gasteiger partial charge in [-0.05, 0) is 123 Å². The maximum absolute atomic E-state index is 13.8. The average molecular weight is 927 g/mol. The molecule has 1 spiro atoms. The standard InChI is InChI=1S/C47H74O18/c1-20-28(51)30(53)32(55)37(60-20)64-35-34(63-38-33(56)31(54)29(52)23(18-48)61-38)22(50)19-59-39(35)62-26-10-11-42(4)24(41(26,2)3)9-12-43(5)25(42)17-21(49)27-36-46(8,58)45(7)14-16-47(36,40(57)65-45)15-13-44(27,43)6/h20-26,28-35,37-39,48-56,58H,9-19H2,1-8H3/t20-,21-,22-,23+,24-,25+,26-,28-,29+,30+,31-,32+,33+,34-,35+,37-,38-,39+,42-,43+,44+,45-,46-,47?/m0/s1. The van der Waals surface area contributed by atoms with Crippen molar-refractivity contribution < 1.29 is 89.0 Å². The molecule has 5 heterocycles. The second kappa shape index (κ2) is 16.0. The van der Waals surface area contributed by atoms with Crippen molar-refractivity contribution in [1.29, 1.82) is 0 Å². The number of ether oxygens (including phenoxy) is 7. The molecule has 18 heteroatoms. The Morgan fingerprint density at radius 1 is 0.677 bits per heavy atom. The van der Waals surface area contributed by atoms with Gasteiger partial charge in [0.2, 0.25) is 0 Å². The lowest BCUT2D eigenvalue weighted by atomic mass is 9.33. The number of fused-ring (bicyclic) bond motifs is 7. The molecule has 24 atom stereocenters. The quantitative estimate of drug-likeness (QED) is 0.0918. The Bertz CT molecular complexity index is 1880. The predicted molar refractivity (Wildman–Crippen MR) is 224 cm³/mol. The Balaban J connectivity index is 1.01. The Hall–Kier alpha value is -1.43. The molecule has 65 heavy (non-hydrogen) atoms. The molecule has 0 aromatic rings. The van der Waals surface area contributed by atoms with E-state index in [2.05, 4.69) is 34.6 Å². The van der Waals surface area contributed by atoms with Gasteiger partial charge in [-0.25, -0.2) is 0 Å². The normalized spacial score (nSPS) is 57.4. The van der Waals surface area contributed by atoms with Crippen molar-refractivity contribution in [2.45, 2.75) is 223 Å². The summed E-state index contributed by atoms with van der Waals surface area (Å²) < 4.78 is 43.0. The van der Waals surface area contributed by atoms with Gasteiger partial charge in [-0.1, -0.05) is 34.6 Å². The lowest BCUT2D eigenvalue weighted by molar-refractivity contribution is -0.388. The van der Waals surface area contributed by atoms with Crippen molar-refractivity contribution in [3.05, 3.63) is 11.1 Å². The molecule has 10 rings (SSSR count). The van der Waals surface area contributed by atoms with E-state index in [4.69, 9.17) is 33.2 Å². The minimum atomic E-state index is -1.82. The van der Waals surface area contributed by atoms with Crippen molar-refractivity contribution in [3.63, 3.8) is 0 Å². The number of carbonyl (C=O) groups excluding carboxylic acids is 1. The first-order valence-electron chi connectivity index (χ1n) is 23.9. The summed E-state index contributed by atoms with van der Waals surface area (Å²) in [6, 6.07) is 0. The van der Waals surface area contributed by atoms with E-state index in [-0.39, 0.29) is 35.2 Å². The zero-order valence-electron chi connectivity index (χ0n) is 38.9. The van der Waals surface area contributed by atoms with E-state index in [1.165, 1.54) is 6.92 Å². The van der Waals surface area contributed by atoms with Gasteiger partial charge in [0.25, 0.3) is 0 Å². The molecule has 10 N–H and O–H groups in total. The summed E-state index contributed by atoms with van der Waals surface area (Å²) in [5, 5.41) is 110. The number of hydrogen-bond donors (Lipinski definition) is 10. The number of esters is 1. The first kappa shape index (κ1) is 48.6. The Labute approximate surface area is 380 Å². The van der Waals surface area contributed by atoms with Gasteiger partial charge in [-0.3, -0.25) is 4.79 Å². The molecular formula is C47H74O18. The van der Waals surface area contributed by atoms with Crippen LogP contribution in [0.1, 0.15) is 113 Å². The van der Waals surface area contributed by atoms with Crippen LogP contribution >= 0.6 is 0 Å². The van der Waals surface area contributed by atoms with Crippen LogP contribution in [-0.2, 0) is 38.0 Å². The van der Waals surface area contributed by atoms with Gasteiger partial charge in [-0.2, -0.15) is 0 Å². The Kier molecular flexibility index (Phi) is 12.0. The monoisotopic (exact) mass is 926 g/mol. The van der Waals surface area contributed by atoms with Crippen LogP contribution in [-0.4, -0.2) is 180 Å². The van der Waals surface area contributed by atoms with Crippen LogP contribution in [0.15, 0.2) is 11.1 Å². The van der Waals surface area contributed by atoms with Crippen molar-refractivity contribution in [2.75, 3.05) is 13.2 Å². The highest BCUT2D eigenvalue weighted by molar-refractivity contribution is 5.86. The van der Waals surface area contributed by atoms with E-state index in [0.29, 0.717) is 50.5 Å². The molecule has 5 saturated heterocycles. The van der Waals surface area contributed by atoms with Crippen molar-refractivity contribution in [1.82, 2.24) is 0 Å². The van der Waals surface area contributed by atoms with Crippen LogP contribution in [0.3, 0.4) is 0 Å². The van der Waals surface area contributed by atoms with Crippen LogP contribution in [0.2, 0.25) is 0 Å². The highest BCUT2D eigenvalue weighted by Gasteiger charge is 2.75. The zero-order valence-corrected chi connectivity index (χ0v) is 38.9. The maximum Gasteiger partial charge on any atom is 0.317 e. The topological polar surface area (TPSA) is 284 Å². The molecule has 5 aliphatic heterocycles. The van der Waals surface area contributed by atoms with Gasteiger partial charge in [-0.15, -0.1) is 0 Å². The molecule has 1 unspecified atom stereocenters. The number of hydrogen-bond acceptors (Lipinski definition) is 18. The predicted octanol–water partition coefficient (Wildman–Crippen LogP) is 0.0534. The van der Waals surface area contributed by atoms with Gasteiger partial charge < -0.3 is 84.2 Å². The van der Waals surface area contributed by atoms with Crippen LogP contribution in [0.25, 0.3) is 0 Å². The molecular weight excluding hydrogens is 852 g/mol. The van der Waals surface area contributed by atoms with Gasteiger partial charge >= 0.3 is 5.97 Å². The Morgan fingerprint density at radius 3 is 1.97 bits per heavy atom. The zero-order chi connectivity index (χ0) is 47.4. The third-order valence-corrected chi connectivity index (χ3v) is 19.6. The summed E-state index contributed by atoms with van der Waals surface area (Å²) in [6.45, 7) is 15.3. The molecule has 0 amide bonds. The number of aliphatic hydroxyl groups is 10. The summed E-state index contributed by atoms with van der Waals surface area (Å²) in [4.78, 5) is 13.8. The highest BCUT2D eigenvalue weighted by atomic mass is 16.8. The third-order valence-electron chi connectivity index (χ3n) is 19.6. The Morgan fingerprint density at radius 2 is 1.31 bits per heavy atom. The molecule has 0 aromatic heterocycles. The van der Waals surface area contributed by atoms with Crippen molar-refractivity contribution >= 4 is 5.97 Å². The van der Waals surface area contributed by atoms with Gasteiger partial charge in [0.1, 0.15) is 72.2 Å². The van der Waals surface area contributed by atoms with Gasteiger partial charge in [0.15, 0.2) is 18.9 Å². The lowest BCUT2D eigenvalue weighted by Crippen LogP contribution is -2.72. The number of aliphatic hydroxyl groups excluding tert-OH is 9. The molecule has 4 saturated carbocycles. The van der Waals surface area contributed by atoms with E-state index >= 15 is 0 Å². The third kappa shape index (κ3) is 6.74. The molecule has 10 aliphatic rings. The van der Waals surface area contributed by atoms with Crippen LogP contribution < -0.4 is 0 Å². The minimum Gasteiger partial charge on any atom is -0.455 e. The molecule has 2 bridgehead atoms. The first-order chi connectivity index (χ1) is 30.2. The van der Waals surface area contributed by atoms with E-state index in [9.17, 15) is 55.9 Å². The summed E-state index contributed by atoms with van der Waals surface area (Å²) in [7, 11) is 0. The molecule has 370 valence electrons. The lowest BCUT2D eigenvalue weighted by Gasteiger charge is -2.73. The fourth-order valence-electron chi connectivity index (χ4n) is 15.3. The number of carbonyl (C=O) groups is 1. The van der Waals surface area contributed by atoms with Crippen LogP contribution in [0, 0.1) is 38.9 Å². The molecule has 0 radical (unpaired) electrons. The average Bonchev–Trinajstić information content (AvgIpc) is 3.24. The summed E-state index contributed by atoms with van der Waals surface area (Å²) in [5.74, 6) is -0.158. The molecule has 18 nitrogen and oxygen atoms in total. The maximum atomic E-state index is 13.8. The van der Waals surface area contributed by atoms with E-state index in [1.54, 1.807) is 6.92 Å². The van der Waals surface area contributed by atoms with E-state index in [0.717, 1.165) is 18.4 Å². The SMILES string of the molecule is C[C@@H]1O[C@@H](O[C@H]2[C@@H](O[C@H]3CC[C@]4(C)[C@H]5C[C@H](O)C6=C7C8(CC[C@](C)(OC8=O)[C@@]7(C)O)CC[C@@]6(C)[C@]5(C)CC[C@H]4C3(C)C)OC[C@H](O)[C@@H]2O[C@@H]2O[C@H](CO)[C@@H](O)[C@H](O)[C@H]2O)[C@H](O)[C@H](O)[C@H]1O. The van der Waals surface area contributed by atoms with Crippen LogP contribution in [0.4, 0.5) is 0 Å². The van der Waals surface area contributed by atoms with Gasteiger partial charge in [0.05, 0.1) is 36.9 Å².